The first-order valence-electron chi connectivity index (χ1n) is 5.24. The van der Waals surface area contributed by atoms with E-state index in [-0.39, 0.29) is 0 Å². The van der Waals surface area contributed by atoms with Crippen LogP contribution in [0.25, 0.3) is 0 Å². The zero-order chi connectivity index (χ0) is 9.52. The van der Waals surface area contributed by atoms with Crippen LogP contribution in [0.5, 0.6) is 0 Å². The SMILES string of the molecule is C=C(C)CCOCCCNC1CC1. The second-order valence-electron chi connectivity index (χ2n) is 3.90. The molecule has 0 aromatic carbocycles. The molecule has 2 heteroatoms. The molecule has 0 radical (unpaired) electrons. The molecule has 1 N–H and O–H groups in total. The smallest absolute Gasteiger partial charge is 0.0502 e. The van der Waals surface area contributed by atoms with E-state index in [1.165, 1.54) is 18.4 Å². The Balaban J connectivity index is 1.70. The fourth-order valence-electron chi connectivity index (χ4n) is 1.12. The Morgan fingerprint density at radius 1 is 1.46 bits per heavy atom. The summed E-state index contributed by atoms with van der Waals surface area (Å²) in [5.41, 5.74) is 1.20. The predicted molar refractivity (Wildman–Crippen MR) is 55.9 cm³/mol. The standard InChI is InChI=1S/C11H21NO/c1-10(2)6-9-13-8-3-7-12-11-4-5-11/h11-12H,1,3-9H2,2H3. The lowest BCUT2D eigenvalue weighted by Crippen LogP contribution is -2.18. The summed E-state index contributed by atoms with van der Waals surface area (Å²) in [6.45, 7) is 8.69. The van der Waals surface area contributed by atoms with Crippen LogP contribution < -0.4 is 5.32 Å². The third-order valence-corrected chi connectivity index (χ3v) is 2.15. The van der Waals surface area contributed by atoms with E-state index in [9.17, 15) is 0 Å². The van der Waals surface area contributed by atoms with Crippen molar-refractivity contribution in [1.29, 1.82) is 0 Å². The van der Waals surface area contributed by atoms with E-state index in [2.05, 4.69) is 11.9 Å². The first-order chi connectivity index (χ1) is 6.29. The van der Waals surface area contributed by atoms with Crippen molar-refractivity contribution >= 4 is 0 Å². The maximum atomic E-state index is 5.45. The third kappa shape index (κ3) is 6.79. The number of ether oxygens (including phenoxy) is 1. The Kier molecular flexibility index (Phi) is 5.09. The van der Waals surface area contributed by atoms with Gasteiger partial charge >= 0.3 is 0 Å². The molecule has 0 aromatic rings. The maximum absolute atomic E-state index is 5.45. The van der Waals surface area contributed by atoms with E-state index < -0.39 is 0 Å². The monoisotopic (exact) mass is 183 g/mol. The predicted octanol–water partition coefficient (Wildman–Crippen LogP) is 2.11. The summed E-state index contributed by atoms with van der Waals surface area (Å²) in [7, 11) is 0. The van der Waals surface area contributed by atoms with Crippen molar-refractivity contribution in [1.82, 2.24) is 5.32 Å². The van der Waals surface area contributed by atoms with Crippen LogP contribution in [0.15, 0.2) is 12.2 Å². The van der Waals surface area contributed by atoms with Gasteiger partial charge in [-0.1, -0.05) is 5.57 Å². The molecule has 0 heterocycles. The van der Waals surface area contributed by atoms with Crippen LogP contribution in [0, 0.1) is 0 Å². The van der Waals surface area contributed by atoms with Crippen molar-refractivity contribution in [2.24, 2.45) is 0 Å². The Morgan fingerprint density at radius 2 is 2.23 bits per heavy atom. The highest BCUT2D eigenvalue weighted by molar-refractivity contribution is 4.87. The van der Waals surface area contributed by atoms with E-state index in [0.717, 1.165) is 38.6 Å². The lowest BCUT2D eigenvalue weighted by molar-refractivity contribution is 0.134. The van der Waals surface area contributed by atoms with Crippen LogP contribution in [0.3, 0.4) is 0 Å². The summed E-state index contributed by atoms with van der Waals surface area (Å²) in [4.78, 5) is 0. The van der Waals surface area contributed by atoms with Crippen molar-refractivity contribution < 1.29 is 4.74 Å². The molecule has 0 aliphatic heterocycles. The van der Waals surface area contributed by atoms with Crippen LogP contribution in [0.2, 0.25) is 0 Å². The first-order valence-corrected chi connectivity index (χ1v) is 5.24. The van der Waals surface area contributed by atoms with Crippen LogP contribution >= 0.6 is 0 Å². The summed E-state index contributed by atoms with van der Waals surface area (Å²) in [6.07, 6.45) is 4.87. The highest BCUT2D eigenvalue weighted by Gasteiger charge is 2.19. The van der Waals surface area contributed by atoms with Gasteiger partial charge in [0, 0.05) is 12.6 Å². The number of hydrogen-bond acceptors (Lipinski definition) is 2. The Labute approximate surface area is 81.4 Å². The summed E-state index contributed by atoms with van der Waals surface area (Å²) in [6, 6.07) is 0.829. The van der Waals surface area contributed by atoms with Gasteiger partial charge in [0.25, 0.3) is 0 Å². The molecule has 1 aliphatic carbocycles. The highest BCUT2D eigenvalue weighted by Crippen LogP contribution is 2.18. The average Bonchev–Trinajstić information content (AvgIpc) is 2.86. The minimum atomic E-state index is 0.829. The van der Waals surface area contributed by atoms with Gasteiger partial charge in [-0.05, 0) is 39.2 Å². The molecule has 1 fully saturated rings. The van der Waals surface area contributed by atoms with Gasteiger partial charge in [0.15, 0.2) is 0 Å². The molecule has 2 nitrogen and oxygen atoms in total. The van der Waals surface area contributed by atoms with E-state index in [0.29, 0.717) is 0 Å². The van der Waals surface area contributed by atoms with Crippen molar-refractivity contribution in [3.63, 3.8) is 0 Å². The Hall–Kier alpha value is -0.340. The van der Waals surface area contributed by atoms with E-state index in [1.54, 1.807) is 0 Å². The van der Waals surface area contributed by atoms with Crippen molar-refractivity contribution in [2.45, 2.75) is 38.6 Å². The summed E-state index contributed by atoms with van der Waals surface area (Å²) in [5.74, 6) is 0. The minimum Gasteiger partial charge on any atom is -0.381 e. The fraction of sp³-hybridized carbons (Fsp3) is 0.818. The van der Waals surface area contributed by atoms with Gasteiger partial charge in [-0.3, -0.25) is 0 Å². The summed E-state index contributed by atoms with van der Waals surface area (Å²) < 4.78 is 5.45. The molecular weight excluding hydrogens is 162 g/mol. The van der Waals surface area contributed by atoms with E-state index in [4.69, 9.17) is 4.74 Å². The second-order valence-corrected chi connectivity index (χ2v) is 3.90. The van der Waals surface area contributed by atoms with Crippen LogP contribution in [0.1, 0.15) is 32.6 Å². The lowest BCUT2D eigenvalue weighted by Gasteiger charge is -2.04. The number of rotatable bonds is 8. The van der Waals surface area contributed by atoms with Gasteiger partial charge < -0.3 is 10.1 Å². The molecule has 0 amide bonds. The number of nitrogens with one attached hydrogen (secondary N) is 1. The van der Waals surface area contributed by atoms with E-state index in [1.807, 2.05) is 6.92 Å². The Bertz CT molecular complexity index is 152. The molecule has 0 unspecified atom stereocenters. The molecule has 0 saturated heterocycles. The second kappa shape index (κ2) is 6.17. The maximum Gasteiger partial charge on any atom is 0.0502 e. The molecule has 0 atom stereocenters. The van der Waals surface area contributed by atoms with Crippen LogP contribution in [0.4, 0.5) is 0 Å². The summed E-state index contributed by atoms with van der Waals surface area (Å²) >= 11 is 0. The van der Waals surface area contributed by atoms with Gasteiger partial charge in [0.2, 0.25) is 0 Å². The van der Waals surface area contributed by atoms with Gasteiger partial charge in [0.1, 0.15) is 0 Å². The summed E-state index contributed by atoms with van der Waals surface area (Å²) in [5, 5.41) is 3.46. The topological polar surface area (TPSA) is 21.3 Å². The minimum absolute atomic E-state index is 0.829. The normalized spacial score (nSPS) is 16.1. The molecule has 0 aromatic heterocycles. The largest absolute Gasteiger partial charge is 0.381 e. The fourth-order valence-corrected chi connectivity index (χ4v) is 1.12. The van der Waals surface area contributed by atoms with Crippen molar-refractivity contribution in [2.75, 3.05) is 19.8 Å². The molecule has 1 aliphatic rings. The number of hydrogen-bond donors (Lipinski definition) is 1. The quantitative estimate of drug-likeness (QED) is 0.459. The molecular formula is C11H21NO. The lowest BCUT2D eigenvalue weighted by atomic mass is 10.3. The molecule has 0 bridgehead atoms. The molecule has 1 rings (SSSR count). The van der Waals surface area contributed by atoms with E-state index >= 15 is 0 Å². The van der Waals surface area contributed by atoms with Gasteiger partial charge in [0.05, 0.1) is 6.61 Å². The molecule has 1 saturated carbocycles. The van der Waals surface area contributed by atoms with Crippen molar-refractivity contribution in [3.8, 4) is 0 Å². The van der Waals surface area contributed by atoms with Crippen LogP contribution in [-0.2, 0) is 4.74 Å². The molecule has 0 spiro atoms. The zero-order valence-electron chi connectivity index (χ0n) is 8.64. The molecule has 13 heavy (non-hydrogen) atoms. The average molecular weight is 183 g/mol. The van der Waals surface area contributed by atoms with Crippen molar-refractivity contribution in [3.05, 3.63) is 12.2 Å². The highest BCUT2D eigenvalue weighted by atomic mass is 16.5. The zero-order valence-corrected chi connectivity index (χ0v) is 8.64. The van der Waals surface area contributed by atoms with Gasteiger partial charge in [-0.2, -0.15) is 0 Å². The van der Waals surface area contributed by atoms with Crippen LogP contribution in [-0.4, -0.2) is 25.8 Å². The van der Waals surface area contributed by atoms with Gasteiger partial charge in [-0.25, -0.2) is 0 Å². The molecule has 76 valence electrons. The van der Waals surface area contributed by atoms with Gasteiger partial charge in [-0.15, -0.1) is 6.58 Å². The Morgan fingerprint density at radius 3 is 2.85 bits per heavy atom. The first kappa shape index (κ1) is 10.7. The third-order valence-electron chi connectivity index (χ3n) is 2.15.